The van der Waals surface area contributed by atoms with Gasteiger partial charge in [0.15, 0.2) is 5.78 Å². The van der Waals surface area contributed by atoms with Gasteiger partial charge in [-0.3, -0.25) is 24.5 Å². The van der Waals surface area contributed by atoms with Gasteiger partial charge < -0.3 is 10.5 Å². The molecule has 0 radical (unpaired) electrons. The molecule has 0 spiro atoms. The van der Waals surface area contributed by atoms with Crippen molar-refractivity contribution in [1.29, 1.82) is 0 Å². The maximum Gasteiger partial charge on any atom is 0.410 e. The molecule has 0 saturated carbocycles. The van der Waals surface area contributed by atoms with Gasteiger partial charge in [0.05, 0.1) is 12.6 Å². The van der Waals surface area contributed by atoms with Crippen LogP contribution in [0.15, 0.2) is 67.3 Å². The first kappa shape index (κ1) is 33.6. The molecule has 1 fully saturated rings. The number of ketones is 2. The van der Waals surface area contributed by atoms with Crippen molar-refractivity contribution >= 4 is 17.7 Å². The number of pyridine rings is 2. The van der Waals surface area contributed by atoms with Crippen LogP contribution >= 0.6 is 0 Å². The molecule has 3 heterocycles. The molecule has 43 heavy (non-hydrogen) atoms. The van der Waals surface area contributed by atoms with Crippen LogP contribution in [0.1, 0.15) is 93.0 Å². The third kappa shape index (κ3) is 11.0. The van der Waals surface area contributed by atoms with Gasteiger partial charge in [0, 0.05) is 44.2 Å². The van der Waals surface area contributed by atoms with Crippen LogP contribution in [-0.2, 0) is 33.8 Å². The summed E-state index contributed by atoms with van der Waals surface area (Å²) in [6.45, 7) is 9.46. The normalized spacial score (nSPS) is 14.4. The Hall–Kier alpha value is -3.91. The molecule has 2 aromatic heterocycles. The highest BCUT2D eigenvalue weighted by Crippen LogP contribution is 2.22. The molecule has 2 N–H and O–H groups in total. The van der Waals surface area contributed by atoms with Gasteiger partial charge in [-0.05, 0) is 65.3 Å². The van der Waals surface area contributed by atoms with Crippen LogP contribution < -0.4 is 5.73 Å². The van der Waals surface area contributed by atoms with Crippen LogP contribution in [0.5, 0.6) is 0 Å². The van der Waals surface area contributed by atoms with E-state index in [1.807, 2.05) is 55.1 Å². The van der Waals surface area contributed by atoms with E-state index in [1.54, 1.807) is 4.90 Å². The minimum atomic E-state index is -0.400. The summed E-state index contributed by atoms with van der Waals surface area (Å²) in [7, 11) is 0. The van der Waals surface area contributed by atoms with Crippen LogP contribution in [0.3, 0.4) is 0 Å². The molecule has 0 bridgehead atoms. The fraction of sp³-hybridized carbons (Fsp3) is 0.457. The third-order valence-electron chi connectivity index (χ3n) is 7.61. The predicted octanol–water partition coefficient (Wildman–Crippen LogP) is 6.17. The quantitative estimate of drug-likeness (QED) is 0.270. The number of carbonyl (C=O) groups is 3. The maximum atomic E-state index is 12.8. The van der Waals surface area contributed by atoms with Crippen LogP contribution in [-0.4, -0.2) is 51.7 Å². The number of benzene rings is 1. The molecule has 1 amide bonds. The van der Waals surface area contributed by atoms with Gasteiger partial charge >= 0.3 is 6.09 Å². The second kappa shape index (κ2) is 17.3. The van der Waals surface area contributed by atoms with Gasteiger partial charge in [0.2, 0.25) is 0 Å². The van der Waals surface area contributed by atoms with Gasteiger partial charge in [0.25, 0.3) is 0 Å². The zero-order chi connectivity index (χ0) is 31.2. The number of ether oxygens (including phenoxy) is 1. The lowest BCUT2D eigenvalue weighted by Gasteiger charge is -2.23. The van der Waals surface area contributed by atoms with Gasteiger partial charge in [-0.2, -0.15) is 0 Å². The molecular weight excluding hydrogens is 540 g/mol. The van der Waals surface area contributed by atoms with Gasteiger partial charge in [-0.1, -0.05) is 70.2 Å². The average Bonchev–Trinajstić information content (AvgIpc) is 3.53. The number of hydrogen-bond acceptors (Lipinski definition) is 7. The minimum Gasteiger partial charge on any atom is -0.445 e. The zero-order valence-electron chi connectivity index (χ0n) is 26.0. The zero-order valence-corrected chi connectivity index (χ0v) is 26.0. The van der Waals surface area contributed by atoms with Crippen LogP contribution in [0, 0.1) is 0 Å². The Morgan fingerprint density at radius 3 is 2.00 bits per heavy atom. The second-order valence-electron chi connectivity index (χ2n) is 11.7. The number of nitrogens with zero attached hydrogens (tertiary/aromatic N) is 3. The highest BCUT2D eigenvalue weighted by atomic mass is 16.6. The largest absolute Gasteiger partial charge is 0.445 e. The van der Waals surface area contributed by atoms with Crippen molar-refractivity contribution in [3.63, 3.8) is 0 Å². The number of aryl methyl sites for hydroxylation is 2. The van der Waals surface area contributed by atoms with Crippen molar-refractivity contribution in [3.8, 4) is 0 Å². The summed E-state index contributed by atoms with van der Waals surface area (Å²) in [5, 5.41) is 0. The molecule has 3 aromatic rings. The van der Waals surface area contributed by atoms with E-state index in [-0.39, 0.29) is 30.8 Å². The third-order valence-corrected chi connectivity index (χ3v) is 7.61. The van der Waals surface area contributed by atoms with Crippen molar-refractivity contribution in [2.24, 2.45) is 5.73 Å². The van der Waals surface area contributed by atoms with E-state index >= 15 is 0 Å². The number of aromatic nitrogens is 2. The molecule has 1 aromatic carbocycles. The molecule has 4 rings (SSSR count). The Morgan fingerprint density at radius 1 is 0.860 bits per heavy atom. The number of hydrogen-bond donors (Lipinski definition) is 1. The Bertz CT molecular complexity index is 1330. The molecule has 8 heteroatoms. The highest BCUT2D eigenvalue weighted by molar-refractivity contribution is 5.88. The summed E-state index contributed by atoms with van der Waals surface area (Å²) in [6, 6.07) is 13.4. The van der Waals surface area contributed by atoms with E-state index in [0.29, 0.717) is 44.1 Å². The Labute approximate surface area is 256 Å². The van der Waals surface area contributed by atoms with Crippen molar-refractivity contribution in [3.05, 3.63) is 95.1 Å². The molecule has 1 aliphatic heterocycles. The number of Topliss-reactive ketones (excluding diaryl/α,β-unsaturated/α-hetero) is 2. The van der Waals surface area contributed by atoms with E-state index in [2.05, 4.69) is 49.8 Å². The van der Waals surface area contributed by atoms with Gasteiger partial charge in [-0.25, -0.2) is 4.79 Å². The summed E-state index contributed by atoms with van der Waals surface area (Å²) in [5.74, 6) is 1.09. The second-order valence-corrected chi connectivity index (χ2v) is 11.7. The molecule has 1 atom stereocenters. The highest BCUT2D eigenvalue weighted by Gasteiger charge is 2.34. The first-order valence-corrected chi connectivity index (χ1v) is 15.3. The summed E-state index contributed by atoms with van der Waals surface area (Å²) >= 11 is 0. The topological polar surface area (TPSA) is 115 Å². The van der Waals surface area contributed by atoms with Gasteiger partial charge in [0.1, 0.15) is 12.4 Å². The lowest BCUT2D eigenvalue weighted by atomic mass is 9.99. The lowest BCUT2D eigenvalue weighted by Crippen LogP contribution is -2.40. The molecule has 1 aliphatic rings. The van der Waals surface area contributed by atoms with Crippen molar-refractivity contribution in [2.45, 2.75) is 90.7 Å². The van der Waals surface area contributed by atoms with E-state index < -0.39 is 6.09 Å². The van der Waals surface area contributed by atoms with Crippen LogP contribution in [0.4, 0.5) is 4.79 Å². The van der Waals surface area contributed by atoms with Crippen molar-refractivity contribution in [1.82, 2.24) is 14.9 Å². The fourth-order valence-corrected chi connectivity index (χ4v) is 4.86. The number of likely N-dealkylation sites (tertiary alicyclic amines) is 1. The molecule has 0 unspecified atom stereocenters. The first-order chi connectivity index (χ1) is 20.7. The molecule has 1 saturated heterocycles. The fourth-order valence-electron chi connectivity index (χ4n) is 4.86. The molecular formula is C35H46N4O4. The van der Waals surface area contributed by atoms with E-state index in [1.165, 1.54) is 11.1 Å². The molecule has 8 nitrogen and oxygen atoms in total. The van der Waals surface area contributed by atoms with Crippen LogP contribution in [0.2, 0.25) is 0 Å². The first-order valence-electron chi connectivity index (χ1n) is 15.3. The summed E-state index contributed by atoms with van der Waals surface area (Å²) in [6.07, 6.45) is 10.8. The van der Waals surface area contributed by atoms with Gasteiger partial charge in [-0.15, -0.1) is 0 Å². The molecule has 0 aliphatic carbocycles. The predicted molar refractivity (Wildman–Crippen MR) is 169 cm³/mol. The summed E-state index contributed by atoms with van der Waals surface area (Å²) < 4.78 is 5.42. The van der Waals surface area contributed by atoms with E-state index in [0.717, 1.165) is 29.5 Å². The SMILES string of the molecule is CC(C)c1cncc(CCC(=O)CN)c1.CC(C)c1cncc(CCC(=O)[C@@H]2CCCN2C(=O)OCc2ccccc2)c1. The van der Waals surface area contributed by atoms with Crippen LogP contribution in [0.25, 0.3) is 0 Å². The number of carbonyl (C=O) groups excluding carboxylic acids is 3. The van der Waals surface area contributed by atoms with E-state index in [9.17, 15) is 14.4 Å². The Balaban J connectivity index is 0.000000285. The number of rotatable bonds is 12. The molecule has 230 valence electrons. The smallest absolute Gasteiger partial charge is 0.410 e. The number of nitrogens with two attached hydrogens (primary N) is 1. The lowest BCUT2D eigenvalue weighted by molar-refractivity contribution is -0.123. The summed E-state index contributed by atoms with van der Waals surface area (Å²) in [5.41, 5.74) is 10.8. The summed E-state index contributed by atoms with van der Waals surface area (Å²) in [4.78, 5) is 46.3. The maximum absolute atomic E-state index is 12.8. The van der Waals surface area contributed by atoms with Crippen molar-refractivity contribution < 1.29 is 19.1 Å². The standard InChI is InChI=1S/C23H28N2O3.C12H18N2O/c1-17(2)20-13-19(14-24-15-20)10-11-22(26)21-9-6-12-25(21)23(27)28-16-18-7-4-3-5-8-18;1-9(2)11-5-10(7-14-8-11)3-4-12(15)6-13/h3-5,7-8,13-15,17,21H,6,9-12,16H2,1-2H3;5,7-9H,3-4,6,13H2,1-2H3/t21-;/m0./s1. The number of amides is 1. The minimum absolute atomic E-state index is 0.101. The Morgan fingerprint density at radius 2 is 1.44 bits per heavy atom. The van der Waals surface area contributed by atoms with Crippen molar-refractivity contribution in [2.75, 3.05) is 13.1 Å². The monoisotopic (exact) mass is 586 g/mol. The Kier molecular flexibility index (Phi) is 13.5. The van der Waals surface area contributed by atoms with E-state index in [4.69, 9.17) is 10.5 Å². The average molecular weight is 587 g/mol.